The molecule has 0 spiro atoms. The average molecular weight is 347 g/mol. The Morgan fingerprint density at radius 3 is 2.58 bits per heavy atom. The third kappa shape index (κ3) is 7.05. The van der Waals surface area contributed by atoms with E-state index >= 15 is 0 Å². The molecule has 1 aromatic carbocycles. The standard InChI is InChI=1S/C18H25N3O2S/c1-13(11-19)12-24-15-8-6-5-7-14(15)21-16(22)9-10-20-17(23)18(2,3)4/h5-8,13H,9-10,12H2,1-4H3,(H,20,23)(H,21,22)/t13-/m1/s1. The summed E-state index contributed by atoms with van der Waals surface area (Å²) in [5.41, 5.74) is 0.275. The van der Waals surface area contributed by atoms with Crippen LogP contribution in [0.25, 0.3) is 0 Å². The fraction of sp³-hybridized carbons (Fsp3) is 0.500. The monoisotopic (exact) mass is 347 g/mol. The zero-order chi connectivity index (χ0) is 18.2. The first kappa shape index (κ1) is 20.0. The Labute approximate surface area is 148 Å². The van der Waals surface area contributed by atoms with Crippen LogP contribution < -0.4 is 10.6 Å². The van der Waals surface area contributed by atoms with Crippen LogP contribution in [-0.2, 0) is 9.59 Å². The average Bonchev–Trinajstić information content (AvgIpc) is 2.52. The molecule has 0 heterocycles. The van der Waals surface area contributed by atoms with Crippen molar-refractivity contribution in [2.75, 3.05) is 17.6 Å². The summed E-state index contributed by atoms with van der Waals surface area (Å²) in [6.45, 7) is 7.67. The first-order valence-electron chi connectivity index (χ1n) is 7.93. The normalized spacial score (nSPS) is 12.1. The van der Waals surface area contributed by atoms with Crippen LogP contribution in [0.2, 0.25) is 0 Å². The van der Waals surface area contributed by atoms with Crippen LogP contribution in [0.5, 0.6) is 0 Å². The molecule has 0 radical (unpaired) electrons. The van der Waals surface area contributed by atoms with Gasteiger partial charge in [-0.15, -0.1) is 11.8 Å². The lowest BCUT2D eigenvalue weighted by Gasteiger charge is -2.17. The number of anilines is 1. The van der Waals surface area contributed by atoms with Crippen molar-refractivity contribution >= 4 is 29.3 Å². The Morgan fingerprint density at radius 2 is 1.96 bits per heavy atom. The van der Waals surface area contributed by atoms with Crippen molar-refractivity contribution in [3.05, 3.63) is 24.3 Å². The van der Waals surface area contributed by atoms with Crippen molar-refractivity contribution in [3.63, 3.8) is 0 Å². The molecule has 1 atom stereocenters. The molecule has 2 N–H and O–H groups in total. The molecule has 130 valence electrons. The van der Waals surface area contributed by atoms with Crippen molar-refractivity contribution in [1.29, 1.82) is 5.26 Å². The number of carbonyl (C=O) groups excluding carboxylic acids is 2. The van der Waals surface area contributed by atoms with Gasteiger partial charge in [0.15, 0.2) is 0 Å². The van der Waals surface area contributed by atoms with Gasteiger partial charge in [0.05, 0.1) is 17.7 Å². The maximum Gasteiger partial charge on any atom is 0.226 e. The molecular weight excluding hydrogens is 322 g/mol. The van der Waals surface area contributed by atoms with Crippen molar-refractivity contribution in [2.45, 2.75) is 39.0 Å². The number of benzene rings is 1. The number of nitrogens with zero attached hydrogens (tertiary/aromatic N) is 1. The summed E-state index contributed by atoms with van der Waals surface area (Å²) in [5, 5.41) is 14.5. The lowest BCUT2D eigenvalue weighted by molar-refractivity contribution is -0.128. The van der Waals surface area contributed by atoms with E-state index in [0.717, 1.165) is 10.6 Å². The first-order valence-corrected chi connectivity index (χ1v) is 8.92. The lowest BCUT2D eigenvalue weighted by atomic mass is 9.96. The van der Waals surface area contributed by atoms with Crippen molar-refractivity contribution < 1.29 is 9.59 Å². The molecule has 6 heteroatoms. The van der Waals surface area contributed by atoms with Crippen molar-refractivity contribution in [2.24, 2.45) is 11.3 Å². The van der Waals surface area contributed by atoms with Gasteiger partial charge in [0.1, 0.15) is 0 Å². The number of nitriles is 1. The second-order valence-electron chi connectivity index (χ2n) is 6.64. The minimum Gasteiger partial charge on any atom is -0.355 e. The van der Waals surface area contributed by atoms with Crippen LogP contribution in [0.4, 0.5) is 5.69 Å². The molecule has 0 bridgehead atoms. The van der Waals surface area contributed by atoms with E-state index in [9.17, 15) is 9.59 Å². The molecule has 2 amide bonds. The van der Waals surface area contributed by atoms with E-state index in [4.69, 9.17) is 5.26 Å². The Bertz CT molecular complexity index is 617. The van der Waals surface area contributed by atoms with Gasteiger partial charge in [-0.2, -0.15) is 5.26 Å². The molecule has 0 aromatic heterocycles. The molecule has 5 nitrogen and oxygen atoms in total. The highest BCUT2D eigenvalue weighted by Crippen LogP contribution is 2.28. The summed E-state index contributed by atoms with van der Waals surface area (Å²) in [6.07, 6.45) is 0.218. The zero-order valence-corrected chi connectivity index (χ0v) is 15.5. The largest absolute Gasteiger partial charge is 0.355 e. The predicted octanol–water partition coefficient (Wildman–Crippen LogP) is 3.43. The Balaban J connectivity index is 2.52. The maximum absolute atomic E-state index is 12.1. The third-order valence-electron chi connectivity index (χ3n) is 3.19. The predicted molar refractivity (Wildman–Crippen MR) is 97.7 cm³/mol. The summed E-state index contributed by atoms with van der Waals surface area (Å²) in [5.74, 6) is 0.402. The van der Waals surface area contributed by atoms with Gasteiger partial charge in [-0.05, 0) is 19.1 Å². The summed E-state index contributed by atoms with van der Waals surface area (Å²) >= 11 is 1.55. The van der Waals surface area contributed by atoms with Gasteiger partial charge in [0.2, 0.25) is 11.8 Å². The number of amides is 2. The molecule has 0 fully saturated rings. The molecule has 0 unspecified atom stereocenters. The zero-order valence-electron chi connectivity index (χ0n) is 14.7. The van der Waals surface area contributed by atoms with Crippen LogP contribution in [0.3, 0.4) is 0 Å². The number of hydrogen-bond acceptors (Lipinski definition) is 4. The smallest absolute Gasteiger partial charge is 0.226 e. The van der Waals surface area contributed by atoms with Gasteiger partial charge < -0.3 is 10.6 Å². The Morgan fingerprint density at radius 1 is 1.29 bits per heavy atom. The third-order valence-corrected chi connectivity index (χ3v) is 4.52. The second kappa shape index (κ2) is 9.33. The number of hydrogen-bond donors (Lipinski definition) is 2. The van der Waals surface area contributed by atoms with E-state index in [1.54, 1.807) is 11.8 Å². The van der Waals surface area contributed by atoms with Crippen LogP contribution in [0, 0.1) is 22.7 Å². The number of carbonyl (C=O) groups is 2. The van der Waals surface area contributed by atoms with Crippen molar-refractivity contribution in [3.8, 4) is 6.07 Å². The molecule has 0 saturated carbocycles. The maximum atomic E-state index is 12.1. The fourth-order valence-electron chi connectivity index (χ4n) is 1.72. The van der Waals surface area contributed by atoms with E-state index in [1.807, 2.05) is 52.0 Å². The minimum atomic E-state index is -0.461. The molecule has 0 aliphatic rings. The van der Waals surface area contributed by atoms with Crippen LogP contribution in [-0.4, -0.2) is 24.1 Å². The number of thioether (sulfide) groups is 1. The van der Waals surface area contributed by atoms with Gasteiger partial charge in [0, 0.05) is 29.0 Å². The highest BCUT2D eigenvalue weighted by Gasteiger charge is 2.20. The van der Waals surface area contributed by atoms with Gasteiger partial charge in [0.25, 0.3) is 0 Å². The topological polar surface area (TPSA) is 82.0 Å². The summed E-state index contributed by atoms with van der Waals surface area (Å²) in [6, 6.07) is 9.72. The highest BCUT2D eigenvalue weighted by molar-refractivity contribution is 7.99. The SMILES string of the molecule is C[C@H](C#N)CSc1ccccc1NC(=O)CCNC(=O)C(C)(C)C. The Hall–Kier alpha value is -2.00. The molecule has 0 saturated heterocycles. The van der Waals surface area contributed by atoms with E-state index in [2.05, 4.69) is 16.7 Å². The first-order chi connectivity index (χ1) is 11.2. The molecule has 1 aromatic rings. The molecule has 1 rings (SSSR count). The number of para-hydroxylation sites is 1. The number of nitrogens with one attached hydrogen (secondary N) is 2. The summed E-state index contributed by atoms with van der Waals surface area (Å²) < 4.78 is 0. The van der Waals surface area contributed by atoms with Crippen LogP contribution in [0.15, 0.2) is 29.2 Å². The number of rotatable bonds is 7. The molecule has 24 heavy (non-hydrogen) atoms. The Kier molecular flexibility index (Phi) is 7.80. The van der Waals surface area contributed by atoms with E-state index in [-0.39, 0.29) is 24.2 Å². The molecule has 0 aliphatic heterocycles. The molecular formula is C18H25N3O2S. The quantitative estimate of drug-likeness (QED) is 0.740. The van der Waals surface area contributed by atoms with Gasteiger partial charge in [-0.25, -0.2) is 0 Å². The van der Waals surface area contributed by atoms with Crippen molar-refractivity contribution in [1.82, 2.24) is 5.32 Å². The summed E-state index contributed by atoms with van der Waals surface area (Å²) in [7, 11) is 0. The summed E-state index contributed by atoms with van der Waals surface area (Å²) in [4.78, 5) is 24.8. The highest BCUT2D eigenvalue weighted by atomic mass is 32.2. The van der Waals surface area contributed by atoms with Gasteiger partial charge in [-0.1, -0.05) is 32.9 Å². The van der Waals surface area contributed by atoms with Crippen LogP contribution in [0.1, 0.15) is 34.1 Å². The van der Waals surface area contributed by atoms with E-state index in [1.165, 1.54) is 0 Å². The van der Waals surface area contributed by atoms with Gasteiger partial charge in [-0.3, -0.25) is 9.59 Å². The van der Waals surface area contributed by atoms with E-state index in [0.29, 0.717) is 12.3 Å². The second-order valence-corrected chi connectivity index (χ2v) is 7.70. The molecule has 0 aliphatic carbocycles. The minimum absolute atomic E-state index is 0.0497. The van der Waals surface area contributed by atoms with Gasteiger partial charge >= 0.3 is 0 Å². The fourth-order valence-corrected chi connectivity index (χ4v) is 2.67. The van der Waals surface area contributed by atoms with Crippen LogP contribution >= 0.6 is 11.8 Å². The lowest BCUT2D eigenvalue weighted by Crippen LogP contribution is -2.36. The van der Waals surface area contributed by atoms with E-state index < -0.39 is 5.41 Å².